The lowest BCUT2D eigenvalue weighted by Gasteiger charge is -2.45. The standard InChI is InChI=1S/C14H19Cl2NO/c1-9(17)14(7-3-2-4-13(14)18)10-5-6-11(15)12(16)8-10/h5-6,8-9,13,18H,2-4,7,17H2,1H3. The number of halogens is 2. The summed E-state index contributed by atoms with van der Waals surface area (Å²) < 4.78 is 0. The average molecular weight is 288 g/mol. The van der Waals surface area contributed by atoms with Gasteiger partial charge in [-0.2, -0.15) is 0 Å². The minimum absolute atomic E-state index is 0.120. The Morgan fingerprint density at radius 1 is 1.33 bits per heavy atom. The zero-order valence-electron chi connectivity index (χ0n) is 10.5. The molecule has 0 aliphatic heterocycles. The third-order valence-electron chi connectivity index (χ3n) is 4.18. The minimum Gasteiger partial charge on any atom is -0.392 e. The van der Waals surface area contributed by atoms with Gasteiger partial charge in [0.05, 0.1) is 16.1 Å². The Bertz CT molecular complexity index is 436. The van der Waals surface area contributed by atoms with Crippen LogP contribution < -0.4 is 5.73 Å². The fourth-order valence-corrected chi connectivity index (χ4v) is 3.39. The van der Waals surface area contributed by atoms with Gasteiger partial charge in [0.2, 0.25) is 0 Å². The number of nitrogens with two attached hydrogens (primary N) is 1. The highest BCUT2D eigenvalue weighted by Crippen LogP contribution is 2.43. The summed E-state index contributed by atoms with van der Waals surface area (Å²) in [5, 5.41) is 11.5. The Labute approximate surface area is 118 Å². The number of benzene rings is 1. The lowest BCUT2D eigenvalue weighted by Crippen LogP contribution is -2.53. The van der Waals surface area contributed by atoms with E-state index in [1.54, 1.807) is 6.07 Å². The van der Waals surface area contributed by atoms with Crippen LogP contribution in [0.3, 0.4) is 0 Å². The molecule has 3 unspecified atom stereocenters. The molecule has 0 aromatic heterocycles. The van der Waals surface area contributed by atoms with Gasteiger partial charge in [-0.3, -0.25) is 0 Å². The van der Waals surface area contributed by atoms with Gasteiger partial charge in [0.15, 0.2) is 0 Å². The molecule has 1 aliphatic rings. The summed E-state index contributed by atoms with van der Waals surface area (Å²) in [6.07, 6.45) is 3.41. The molecule has 1 aliphatic carbocycles. The van der Waals surface area contributed by atoms with Crippen molar-refractivity contribution in [1.82, 2.24) is 0 Å². The molecule has 0 bridgehead atoms. The summed E-state index contributed by atoms with van der Waals surface area (Å²) in [6.45, 7) is 1.96. The molecule has 0 heterocycles. The predicted octanol–water partition coefficient (Wildman–Crippen LogP) is 3.51. The Kier molecular flexibility index (Phi) is 4.22. The van der Waals surface area contributed by atoms with E-state index < -0.39 is 11.5 Å². The lowest BCUT2D eigenvalue weighted by molar-refractivity contribution is 0.0293. The largest absolute Gasteiger partial charge is 0.392 e. The summed E-state index contributed by atoms with van der Waals surface area (Å²) in [5.74, 6) is 0. The van der Waals surface area contributed by atoms with Crippen LogP contribution in [0.2, 0.25) is 10.0 Å². The van der Waals surface area contributed by atoms with Crippen molar-refractivity contribution < 1.29 is 5.11 Å². The molecule has 2 rings (SSSR count). The van der Waals surface area contributed by atoms with Gasteiger partial charge in [-0.1, -0.05) is 42.1 Å². The quantitative estimate of drug-likeness (QED) is 0.874. The van der Waals surface area contributed by atoms with Crippen molar-refractivity contribution in [2.75, 3.05) is 0 Å². The summed E-state index contributed by atoms with van der Waals surface area (Å²) in [4.78, 5) is 0. The second-order valence-electron chi connectivity index (χ2n) is 5.22. The van der Waals surface area contributed by atoms with Crippen molar-refractivity contribution in [1.29, 1.82) is 0 Å². The first-order valence-corrected chi connectivity index (χ1v) is 7.13. The molecule has 1 fully saturated rings. The molecule has 0 saturated heterocycles. The number of aliphatic hydroxyl groups is 1. The van der Waals surface area contributed by atoms with Gasteiger partial charge in [-0.05, 0) is 37.5 Å². The van der Waals surface area contributed by atoms with Gasteiger partial charge in [-0.15, -0.1) is 0 Å². The molecule has 2 nitrogen and oxygen atoms in total. The van der Waals surface area contributed by atoms with Gasteiger partial charge in [0.25, 0.3) is 0 Å². The van der Waals surface area contributed by atoms with E-state index >= 15 is 0 Å². The van der Waals surface area contributed by atoms with E-state index in [1.807, 2.05) is 19.1 Å². The molecule has 0 radical (unpaired) electrons. The minimum atomic E-state index is -0.413. The number of hydrogen-bond donors (Lipinski definition) is 2. The number of aliphatic hydroxyl groups excluding tert-OH is 1. The van der Waals surface area contributed by atoms with Crippen molar-refractivity contribution in [3.05, 3.63) is 33.8 Å². The van der Waals surface area contributed by atoms with E-state index in [0.717, 1.165) is 31.2 Å². The molecule has 0 spiro atoms. The molecule has 1 aromatic carbocycles. The van der Waals surface area contributed by atoms with Gasteiger partial charge in [-0.25, -0.2) is 0 Å². The maximum atomic E-state index is 10.4. The zero-order valence-corrected chi connectivity index (χ0v) is 12.0. The molecule has 3 atom stereocenters. The highest BCUT2D eigenvalue weighted by molar-refractivity contribution is 6.42. The first-order chi connectivity index (χ1) is 8.48. The van der Waals surface area contributed by atoms with Crippen LogP contribution in [0.1, 0.15) is 38.2 Å². The lowest BCUT2D eigenvalue weighted by atomic mass is 9.63. The second kappa shape index (κ2) is 5.38. The van der Waals surface area contributed by atoms with Crippen LogP contribution in [0.5, 0.6) is 0 Å². The first-order valence-electron chi connectivity index (χ1n) is 6.37. The Morgan fingerprint density at radius 3 is 2.61 bits per heavy atom. The predicted molar refractivity (Wildman–Crippen MR) is 76.3 cm³/mol. The van der Waals surface area contributed by atoms with Gasteiger partial charge in [0, 0.05) is 11.5 Å². The van der Waals surface area contributed by atoms with E-state index in [4.69, 9.17) is 28.9 Å². The Morgan fingerprint density at radius 2 is 2.06 bits per heavy atom. The highest BCUT2D eigenvalue weighted by Gasteiger charge is 2.44. The summed E-state index contributed by atoms with van der Waals surface area (Å²) in [7, 11) is 0. The number of hydrogen-bond acceptors (Lipinski definition) is 2. The fraction of sp³-hybridized carbons (Fsp3) is 0.571. The molecule has 18 heavy (non-hydrogen) atoms. The van der Waals surface area contributed by atoms with E-state index in [2.05, 4.69) is 0 Å². The maximum Gasteiger partial charge on any atom is 0.0651 e. The summed E-state index contributed by atoms with van der Waals surface area (Å²) in [6, 6.07) is 5.45. The van der Waals surface area contributed by atoms with Crippen LogP contribution in [0.25, 0.3) is 0 Å². The average Bonchev–Trinajstić information content (AvgIpc) is 2.33. The molecular weight excluding hydrogens is 269 g/mol. The Balaban J connectivity index is 2.49. The normalized spacial score (nSPS) is 30.2. The van der Waals surface area contributed by atoms with Crippen molar-refractivity contribution in [3.63, 3.8) is 0 Å². The number of rotatable bonds is 2. The SMILES string of the molecule is CC(N)C1(c2ccc(Cl)c(Cl)c2)CCCCC1O. The Hall–Kier alpha value is -0.280. The van der Waals surface area contributed by atoms with Crippen molar-refractivity contribution in [3.8, 4) is 0 Å². The van der Waals surface area contributed by atoms with Gasteiger partial charge in [0.1, 0.15) is 0 Å². The third kappa shape index (κ3) is 2.27. The molecular formula is C14H19Cl2NO. The van der Waals surface area contributed by atoms with Crippen molar-refractivity contribution in [2.45, 2.75) is 50.2 Å². The van der Waals surface area contributed by atoms with Crippen LogP contribution in [0.15, 0.2) is 18.2 Å². The zero-order chi connectivity index (χ0) is 13.3. The fourth-order valence-electron chi connectivity index (χ4n) is 3.10. The van der Waals surface area contributed by atoms with Crippen LogP contribution in [-0.2, 0) is 5.41 Å². The summed E-state index contributed by atoms with van der Waals surface area (Å²) >= 11 is 12.0. The molecule has 3 N–H and O–H groups in total. The van der Waals surface area contributed by atoms with Crippen molar-refractivity contribution in [2.24, 2.45) is 5.73 Å². The molecule has 1 saturated carbocycles. The molecule has 4 heteroatoms. The first kappa shape index (κ1) is 14.1. The van der Waals surface area contributed by atoms with Crippen LogP contribution in [0, 0.1) is 0 Å². The smallest absolute Gasteiger partial charge is 0.0651 e. The van der Waals surface area contributed by atoms with Gasteiger partial charge < -0.3 is 10.8 Å². The highest BCUT2D eigenvalue weighted by atomic mass is 35.5. The van der Waals surface area contributed by atoms with E-state index in [9.17, 15) is 5.11 Å². The van der Waals surface area contributed by atoms with Gasteiger partial charge >= 0.3 is 0 Å². The molecule has 1 aromatic rings. The topological polar surface area (TPSA) is 46.2 Å². The molecule has 100 valence electrons. The van der Waals surface area contributed by atoms with Crippen LogP contribution in [0.4, 0.5) is 0 Å². The van der Waals surface area contributed by atoms with E-state index in [-0.39, 0.29) is 6.04 Å². The summed E-state index contributed by atoms with van der Waals surface area (Å²) in [5.41, 5.74) is 6.78. The van der Waals surface area contributed by atoms with E-state index in [0.29, 0.717) is 10.0 Å². The van der Waals surface area contributed by atoms with E-state index in [1.165, 1.54) is 0 Å². The maximum absolute atomic E-state index is 10.4. The molecule has 0 amide bonds. The second-order valence-corrected chi connectivity index (χ2v) is 6.03. The van der Waals surface area contributed by atoms with Crippen LogP contribution in [-0.4, -0.2) is 17.3 Å². The monoisotopic (exact) mass is 287 g/mol. The van der Waals surface area contributed by atoms with Crippen molar-refractivity contribution >= 4 is 23.2 Å². The van der Waals surface area contributed by atoms with Crippen LogP contribution >= 0.6 is 23.2 Å². The third-order valence-corrected chi connectivity index (χ3v) is 4.92.